The molecule has 4 nitrogen and oxygen atoms in total. The van der Waals surface area contributed by atoms with Crippen LogP contribution >= 0.6 is 11.3 Å². The fourth-order valence-electron chi connectivity index (χ4n) is 11.6. The van der Waals surface area contributed by atoms with Gasteiger partial charge in [-0.15, -0.1) is 11.3 Å². The van der Waals surface area contributed by atoms with E-state index < -0.39 is 0 Å². The molecule has 0 N–H and O–H groups in total. The molecule has 1 aliphatic heterocycles. The predicted octanol–water partition coefficient (Wildman–Crippen LogP) is 13.8. The third-order valence-electron chi connectivity index (χ3n) is 14.5. The van der Waals surface area contributed by atoms with E-state index in [0.29, 0.717) is 5.95 Å². The van der Waals surface area contributed by atoms with E-state index in [9.17, 15) is 0 Å². The molecule has 0 amide bonds. The van der Waals surface area contributed by atoms with E-state index in [-0.39, 0.29) is 5.54 Å². The summed E-state index contributed by atoms with van der Waals surface area (Å²) in [5.74, 6) is 0.667. The molecule has 0 radical (unpaired) electrons. The maximum atomic E-state index is 5.44. The van der Waals surface area contributed by atoms with E-state index >= 15 is 0 Å². The van der Waals surface area contributed by atoms with Crippen molar-refractivity contribution in [3.05, 3.63) is 198 Å². The third-order valence-corrected chi connectivity index (χ3v) is 15.7. The SMILES string of the molecule is CC12CC=c3ccc4c(sc5ccccc54)c3=C1c1cc(-c3ccc4c(c3)c3ccccc3n4-c3nc(-c4ccccc4)c4ccc5ccccc5c4n3)cc3c4ccccc4n2c13. The topological polar surface area (TPSA) is 35.6 Å². The summed E-state index contributed by atoms with van der Waals surface area (Å²) in [5, 5.41) is 13.7. The molecular weight excluding hydrogens is 797 g/mol. The third kappa shape index (κ3) is 4.46. The van der Waals surface area contributed by atoms with Gasteiger partial charge in [0, 0.05) is 74.4 Å². The first-order chi connectivity index (χ1) is 31.6. The number of thiophene rings is 1. The minimum atomic E-state index is -0.235. The van der Waals surface area contributed by atoms with Crippen LogP contribution in [-0.4, -0.2) is 19.1 Å². The van der Waals surface area contributed by atoms with Crippen molar-refractivity contribution in [2.24, 2.45) is 0 Å². The number of rotatable bonds is 3. The summed E-state index contributed by atoms with van der Waals surface area (Å²) in [6, 6.07) is 66.8. The van der Waals surface area contributed by atoms with Crippen molar-refractivity contribution in [1.29, 1.82) is 0 Å². The van der Waals surface area contributed by atoms with Gasteiger partial charge in [-0.3, -0.25) is 4.57 Å². The number of benzene rings is 9. The Balaban J connectivity index is 1.01. The van der Waals surface area contributed by atoms with Gasteiger partial charge in [-0.1, -0.05) is 140 Å². The molecule has 1 unspecified atom stereocenters. The Morgan fingerprint density at radius 2 is 1.22 bits per heavy atom. The molecule has 5 heteroatoms. The molecule has 2 aliphatic rings. The molecule has 298 valence electrons. The number of hydrogen-bond donors (Lipinski definition) is 0. The van der Waals surface area contributed by atoms with Crippen molar-refractivity contribution in [2.75, 3.05) is 0 Å². The van der Waals surface area contributed by atoms with Crippen LogP contribution in [0.2, 0.25) is 0 Å². The Labute approximate surface area is 370 Å². The van der Waals surface area contributed by atoms with Crippen LogP contribution in [0.4, 0.5) is 0 Å². The van der Waals surface area contributed by atoms with E-state index in [1.54, 1.807) is 0 Å². The maximum Gasteiger partial charge on any atom is 0.235 e. The Hall–Kier alpha value is -7.86. The summed E-state index contributed by atoms with van der Waals surface area (Å²) < 4.78 is 7.67. The number of para-hydroxylation sites is 2. The summed E-state index contributed by atoms with van der Waals surface area (Å²) in [5.41, 5.74) is 12.7. The van der Waals surface area contributed by atoms with Gasteiger partial charge in [0.1, 0.15) is 0 Å². The van der Waals surface area contributed by atoms with Gasteiger partial charge in [0.25, 0.3) is 0 Å². The van der Waals surface area contributed by atoms with Gasteiger partial charge in [-0.2, -0.15) is 0 Å². The second kappa shape index (κ2) is 12.4. The molecule has 0 saturated carbocycles. The maximum absolute atomic E-state index is 5.44. The zero-order valence-corrected chi connectivity index (χ0v) is 35.6. The molecule has 1 atom stereocenters. The van der Waals surface area contributed by atoms with Crippen LogP contribution < -0.4 is 10.4 Å². The highest BCUT2D eigenvalue weighted by Crippen LogP contribution is 2.53. The molecule has 0 spiro atoms. The Morgan fingerprint density at radius 3 is 2.09 bits per heavy atom. The minimum Gasteiger partial charge on any atom is -0.329 e. The average Bonchev–Trinajstić information content (AvgIpc) is 4.08. The zero-order valence-electron chi connectivity index (χ0n) is 34.8. The van der Waals surface area contributed by atoms with E-state index in [1.165, 1.54) is 85.5 Å². The van der Waals surface area contributed by atoms with Gasteiger partial charge in [0.05, 0.1) is 33.3 Å². The molecule has 9 aromatic carbocycles. The first-order valence-electron chi connectivity index (χ1n) is 22.1. The molecule has 4 aromatic heterocycles. The largest absolute Gasteiger partial charge is 0.329 e. The number of fused-ring (bicyclic) bond motifs is 17. The molecule has 5 heterocycles. The lowest BCUT2D eigenvalue weighted by Gasteiger charge is -2.32. The summed E-state index contributed by atoms with van der Waals surface area (Å²) >= 11 is 1.94. The second-order valence-electron chi connectivity index (χ2n) is 17.8. The van der Waals surface area contributed by atoms with E-state index in [4.69, 9.17) is 9.97 Å². The lowest BCUT2D eigenvalue weighted by molar-refractivity contribution is 0.478. The Kier molecular flexibility index (Phi) is 6.73. The fourth-order valence-corrected chi connectivity index (χ4v) is 12.9. The standard InChI is InChI=1S/C59H36N4S/c1-59-30-29-35-24-26-43-42-19-9-12-22-51(42)64-57(43)52(35)53(59)47-33-38(32-46-41-18-8-11-21-50(41)63(59)56(46)47)37-25-28-49-45(31-37)40-17-7-10-20-48(40)62(49)58-60-54(36-14-3-2-4-15-36)44-27-23-34-13-5-6-16-39(34)55(44)61-58/h2-29,31-33H,30H2,1H3. The molecule has 0 saturated heterocycles. The average molecular weight is 833 g/mol. The molecule has 64 heavy (non-hydrogen) atoms. The van der Waals surface area contributed by atoms with Crippen LogP contribution in [0, 0.1) is 0 Å². The predicted molar refractivity (Wildman–Crippen MR) is 269 cm³/mol. The highest BCUT2D eigenvalue weighted by Gasteiger charge is 2.43. The van der Waals surface area contributed by atoms with Gasteiger partial charge in [-0.25, -0.2) is 9.97 Å². The summed E-state index contributed by atoms with van der Waals surface area (Å²) in [6.45, 7) is 2.47. The van der Waals surface area contributed by atoms with Gasteiger partial charge in [-0.05, 0) is 89.2 Å². The van der Waals surface area contributed by atoms with E-state index in [0.717, 1.165) is 50.4 Å². The van der Waals surface area contributed by atoms with Crippen LogP contribution in [0.15, 0.2) is 182 Å². The highest BCUT2D eigenvalue weighted by molar-refractivity contribution is 7.25. The smallest absolute Gasteiger partial charge is 0.235 e. The Morgan fingerprint density at radius 1 is 0.516 bits per heavy atom. The van der Waals surface area contributed by atoms with Crippen molar-refractivity contribution in [1.82, 2.24) is 19.1 Å². The molecule has 0 fully saturated rings. The van der Waals surface area contributed by atoms with Crippen molar-refractivity contribution in [2.45, 2.75) is 18.9 Å². The fraction of sp³-hybridized carbons (Fsp3) is 0.0508. The second-order valence-corrected chi connectivity index (χ2v) is 18.9. The normalized spacial score (nSPS) is 15.7. The first-order valence-corrected chi connectivity index (χ1v) is 22.9. The molecule has 0 bridgehead atoms. The summed E-state index contributed by atoms with van der Waals surface area (Å²) in [7, 11) is 0. The van der Waals surface area contributed by atoms with Gasteiger partial charge in [0.15, 0.2) is 0 Å². The monoisotopic (exact) mass is 832 g/mol. The van der Waals surface area contributed by atoms with E-state index in [2.05, 4.69) is 204 Å². The number of nitrogens with zero attached hydrogens (tertiary/aromatic N) is 4. The molecule has 13 aromatic rings. The van der Waals surface area contributed by atoms with E-state index in [1.807, 2.05) is 11.3 Å². The highest BCUT2D eigenvalue weighted by atomic mass is 32.1. The van der Waals surface area contributed by atoms with Crippen LogP contribution in [-0.2, 0) is 5.54 Å². The number of hydrogen-bond acceptors (Lipinski definition) is 3. The van der Waals surface area contributed by atoms with Crippen LogP contribution in [0.25, 0.3) is 125 Å². The zero-order chi connectivity index (χ0) is 41.8. The van der Waals surface area contributed by atoms with Crippen molar-refractivity contribution >= 4 is 108 Å². The van der Waals surface area contributed by atoms with Crippen LogP contribution in [0.5, 0.6) is 0 Å². The van der Waals surface area contributed by atoms with Crippen molar-refractivity contribution in [3.8, 4) is 28.3 Å². The lowest BCUT2D eigenvalue weighted by Crippen LogP contribution is -2.40. The van der Waals surface area contributed by atoms with Gasteiger partial charge >= 0.3 is 0 Å². The minimum absolute atomic E-state index is 0.235. The van der Waals surface area contributed by atoms with Crippen molar-refractivity contribution < 1.29 is 0 Å². The van der Waals surface area contributed by atoms with Crippen molar-refractivity contribution in [3.63, 3.8) is 0 Å². The molecule has 15 rings (SSSR count). The number of aromatic nitrogens is 4. The Bertz CT molecular complexity index is 4360. The molecule has 1 aliphatic carbocycles. The quantitative estimate of drug-likeness (QED) is 0.166. The van der Waals surface area contributed by atoms with Gasteiger partial charge in [0.2, 0.25) is 5.95 Å². The summed E-state index contributed by atoms with van der Waals surface area (Å²) in [4.78, 5) is 10.9. The van der Waals surface area contributed by atoms with Crippen LogP contribution in [0.3, 0.4) is 0 Å². The first kappa shape index (κ1) is 34.7. The summed E-state index contributed by atoms with van der Waals surface area (Å²) in [6.07, 6.45) is 3.43. The van der Waals surface area contributed by atoms with Gasteiger partial charge < -0.3 is 4.57 Å². The lowest BCUT2D eigenvalue weighted by atomic mass is 9.80. The molecular formula is C59H36N4S. The van der Waals surface area contributed by atoms with Crippen LogP contribution in [0.1, 0.15) is 18.9 Å².